The van der Waals surface area contributed by atoms with Gasteiger partial charge in [0.15, 0.2) is 5.69 Å². The van der Waals surface area contributed by atoms with Gasteiger partial charge in [-0.2, -0.15) is 0 Å². The van der Waals surface area contributed by atoms with Crippen LogP contribution in [0.2, 0.25) is 0 Å². The Labute approximate surface area is 102 Å². The fraction of sp³-hybridized carbons (Fsp3) is 0.400. The smallest absolute Gasteiger partial charge is 0.354 e. The van der Waals surface area contributed by atoms with Crippen molar-refractivity contribution >= 4 is 5.97 Å². The second-order valence-corrected chi connectivity index (χ2v) is 3.66. The molecule has 0 amide bonds. The van der Waals surface area contributed by atoms with Crippen LogP contribution < -0.4 is 0 Å². The molecule has 0 aliphatic rings. The highest BCUT2D eigenvalue weighted by Crippen LogP contribution is 2.19. The van der Waals surface area contributed by atoms with E-state index in [1.165, 1.54) is 19.2 Å². The number of azide groups is 1. The minimum absolute atomic E-state index is 0.115. The van der Waals surface area contributed by atoms with Crippen molar-refractivity contribution in [3.8, 4) is 0 Å². The number of hydrogen-bond acceptors (Lipinski definition) is 5. The van der Waals surface area contributed by atoms with E-state index in [0.717, 1.165) is 0 Å². The lowest BCUT2D eigenvalue weighted by Crippen LogP contribution is -2.21. The summed E-state index contributed by atoms with van der Waals surface area (Å²) in [7, 11) is 0. The maximum absolute atomic E-state index is 10.7. The first-order valence-electron chi connectivity index (χ1n) is 5.04. The van der Waals surface area contributed by atoms with Crippen LogP contribution in [0.4, 0.5) is 0 Å². The van der Waals surface area contributed by atoms with E-state index in [1.807, 2.05) is 0 Å². The maximum Gasteiger partial charge on any atom is 0.354 e. The van der Waals surface area contributed by atoms with Crippen LogP contribution >= 0.6 is 0 Å². The molecule has 8 heteroatoms. The standard InChI is InChI=1S/C10H12N4O4/c1-5-2-6(3-12-8(5)10(17)18)9(16)7(15)4-13-14-11/h2-3,7,9,15-16H,4H2,1H3,(H,17,18). The van der Waals surface area contributed by atoms with Crippen molar-refractivity contribution in [3.05, 3.63) is 39.5 Å². The van der Waals surface area contributed by atoms with Crippen LogP contribution in [0.5, 0.6) is 0 Å². The summed E-state index contributed by atoms with van der Waals surface area (Å²) in [5, 5.41) is 31.2. The quantitative estimate of drug-likeness (QED) is 0.403. The van der Waals surface area contributed by atoms with E-state index in [1.54, 1.807) is 0 Å². The van der Waals surface area contributed by atoms with E-state index in [0.29, 0.717) is 5.56 Å². The number of aliphatic hydroxyl groups excluding tert-OH is 2. The summed E-state index contributed by atoms with van der Waals surface area (Å²) in [5.41, 5.74) is 8.61. The topological polar surface area (TPSA) is 139 Å². The van der Waals surface area contributed by atoms with E-state index in [4.69, 9.17) is 10.6 Å². The highest BCUT2D eigenvalue weighted by molar-refractivity contribution is 5.86. The van der Waals surface area contributed by atoms with Crippen LogP contribution in [0.25, 0.3) is 10.4 Å². The third kappa shape index (κ3) is 3.17. The van der Waals surface area contributed by atoms with Gasteiger partial charge < -0.3 is 15.3 Å². The average molecular weight is 252 g/mol. The van der Waals surface area contributed by atoms with Crippen molar-refractivity contribution in [2.24, 2.45) is 5.11 Å². The molecular weight excluding hydrogens is 240 g/mol. The third-order valence-corrected chi connectivity index (χ3v) is 2.34. The Kier molecular flexibility index (Phi) is 4.61. The molecule has 3 N–H and O–H groups in total. The zero-order valence-corrected chi connectivity index (χ0v) is 9.56. The van der Waals surface area contributed by atoms with Crippen LogP contribution in [0, 0.1) is 6.92 Å². The second-order valence-electron chi connectivity index (χ2n) is 3.66. The molecule has 1 heterocycles. The summed E-state index contributed by atoms with van der Waals surface area (Å²) in [6.07, 6.45) is -1.39. The Hall–Kier alpha value is -2.15. The molecule has 2 unspecified atom stereocenters. The van der Waals surface area contributed by atoms with Gasteiger partial charge in [0.1, 0.15) is 6.10 Å². The van der Waals surface area contributed by atoms with Crippen LogP contribution in [0.15, 0.2) is 17.4 Å². The summed E-state index contributed by atoms with van der Waals surface area (Å²) in [6.45, 7) is 1.25. The molecule has 0 spiro atoms. The predicted octanol–water partition coefficient (Wildman–Crippen LogP) is 0.793. The van der Waals surface area contributed by atoms with Gasteiger partial charge in [-0.3, -0.25) is 0 Å². The fourth-order valence-electron chi connectivity index (χ4n) is 1.42. The van der Waals surface area contributed by atoms with Crippen LogP contribution in [-0.4, -0.2) is 38.9 Å². The summed E-state index contributed by atoms with van der Waals surface area (Å²) < 4.78 is 0. The van der Waals surface area contributed by atoms with Gasteiger partial charge in [-0.15, -0.1) is 0 Å². The summed E-state index contributed by atoms with van der Waals surface area (Å²) in [4.78, 5) is 16.9. The molecule has 0 saturated heterocycles. The van der Waals surface area contributed by atoms with E-state index in [2.05, 4.69) is 15.0 Å². The molecule has 8 nitrogen and oxygen atoms in total. The zero-order valence-electron chi connectivity index (χ0n) is 9.56. The van der Waals surface area contributed by atoms with Crippen LogP contribution in [0.1, 0.15) is 27.7 Å². The SMILES string of the molecule is Cc1cc(C(O)C(O)CN=[N+]=[N-])cnc1C(=O)O. The number of pyridine rings is 1. The van der Waals surface area contributed by atoms with Crippen molar-refractivity contribution in [2.45, 2.75) is 19.1 Å². The van der Waals surface area contributed by atoms with Gasteiger partial charge in [0.05, 0.1) is 12.6 Å². The van der Waals surface area contributed by atoms with E-state index < -0.39 is 18.2 Å². The lowest BCUT2D eigenvalue weighted by atomic mass is 10.0. The molecular formula is C10H12N4O4. The molecule has 1 aromatic rings. The highest BCUT2D eigenvalue weighted by Gasteiger charge is 2.19. The Balaban J connectivity index is 2.93. The van der Waals surface area contributed by atoms with E-state index in [-0.39, 0.29) is 17.8 Å². The van der Waals surface area contributed by atoms with Crippen LogP contribution in [0.3, 0.4) is 0 Å². The average Bonchev–Trinajstić information content (AvgIpc) is 2.34. The molecule has 0 aliphatic heterocycles. The minimum Gasteiger partial charge on any atom is -0.477 e. The Morgan fingerprint density at radius 2 is 2.28 bits per heavy atom. The van der Waals surface area contributed by atoms with Gasteiger partial charge in [0.25, 0.3) is 0 Å². The zero-order chi connectivity index (χ0) is 13.7. The number of rotatable bonds is 5. The van der Waals surface area contributed by atoms with Gasteiger partial charge in [-0.05, 0) is 24.1 Å². The number of carboxylic acid groups (broad SMARTS) is 1. The molecule has 0 radical (unpaired) electrons. The molecule has 96 valence electrons. The first-order chi connectivity index (χ1) is 8.47. The highest BCUT2D eigenvalue weighted by atomic mass is 16.4. The number of nitrogens with zero attached hydrogens (tertiary/aromatic N) is 4. The van der Waals surface area contributed by atoms with Crippen molar-refractivity contribution < 1.29 is 20.1 Å². The number of carbonyl (C=O) groups is 1. The normalized spacial score (nSPS) is 13.5. The van der Waals surface area contributed by atoms with Gasteiger partial charge in [-0.25, -0.2) is 9.78 Å². The number of aromatic nitrogens is 1. The summed E-state index contributed by atoms with van der Waals surface area (Å²) in [5.74, 6) is -1.16. The third-order valence-electron chi connectivity index (χ3n) is 2.34. The number of hydrogen-bond donors (Lipinski definition) is 3. The largest absolute Gasteiger partial charge is 0.477 e. The summed E-state index contributed by atoms with van der Waals surface area (Å²) >= 11 is 0. The predicted molar refractivity (Wildman–Crippen MR) is 60.9 cm³/mol. The van der Waals surface area contributed by atoms with Crippen molar-refractivity contribution in [1.82, 2.24) is 4.98 Å². The van der Waals surface area contributed by atoms with Gasteiger partial charge >= 0.3 is 5.97 Å². The lowest BCUT2D eigenvalue weighted by Gasteiger charge is -2.16. The van der Waals surface area contributed by atoms with Gasteiger partial charge in [-0.1, -0.05) is 5.11 Å². The van der Waals surface area contributed by atoms with Gasteiger partial charge in [0, 0.05) is 16.7 Å². The van der Waals surface area contributed by atoms with E-state index in [9.17, 15) is 15.0 Å². The lowest BCUT2D eigenvalue weighted by molar-refractivity contribution is 0.0241. The fourth-order valence-corrected chi connectivity index (χ4v) is 1.42. The first kappa shape index (κ1) is 13.9. The molecule has 18 heavy (non-hydrogen) atoms. The molecule has 0 bridgehead atoms. The number of aryl methyl sites for hydroxylation is 1. The minimum atomic E-state index is -1.29. The molecule has 0 saturated carbocycles. The van der Waals surface area contributed by atoms with Crippen molar-refractivity contribution in [3.63, 3.8) is 0 Å². The van der Waals surface area contributed by atoms with Crippen LogP contribution in [-0.2, 0) is 0 Å². The van der Waals surface area contributed by atoms with Crippen molar-refractivity contribution in [2.75, 3.05) is 6.54 Å². The Morgan fingerprint density at radius 3 is 2.78 bits per heavy atom. The Morgan fingerprint density at radius 1 is 1.61 bits per heavy atom. The maximum atomic E-state index is 10.7. The molecule has 0 fully saturated rings. The van der Waals surface area contributed by atoms with Gasteiger partial charge in [0.2, 0.25) is 0 Å². The molecule has 1 aromatic heterocycles. The molecule has 1 rings (SSSR count). The molecule has 0 aliphatic carbocycles. The molecule has 2 atom stereocenters. The number of carboxylic acids is 1. The number of aliphatic hydroxyl groups is 2. The van der Waals surface area contributed by atoms with E-state index >= 15 is 0 Å². The summed E-state index contributed by atoms with van der Waals surface area (Å²) in [6, 6.07) is 1.42. The Bertz CT molecular complexity index is 499. The number of aromatic carboxylic acids is 1. The molecule has 0 aromatic carbocycles. The second kappa shape index (κ2) is 5.97. The first-order valence-corrected chi connectivity index (χ1v) is 5.04. The monoisotopic (exact) mass is 252 g/mol. The van der Waals surface area contributed by atoms with Crippen molar-refractivity contribution in [1.29, 1.82) is 0 Å².